The van der Waals surface area contributed by atoms with Crippen molar-refractivity contribution in [3.8, 4) is 5.75 Å². The SMILES string of the molecule is CCC(=O)Oc1cccc2cccc(C(=O)N(C(C)C)C(C)C)c12. The van der Waals surface area contributed by atoms with Gasteiger partial charge in [-0.1, -0.05) is 31.2 Å². The zero-order valence-corrected chi connectivity index (χ0v) is 15.0. The number of hydrogen-bond donors (Lipinski definition) is 0. The van der Waals surface area contributed by atoms with Gasteiger partial charge in [0.1, 0.15) is 5.75 Å². The Hall–Kier alpha value is -2.36. The largest absolute Gasteiger partial charge is 0.426 e. The molecule has 0 unspecified atom stereocenters. The van der Waals surface area contributed by atoms with E-state index in [9.17, 15) is 9.59 Å². The topological polar surface area (TPSA) is 46.6 Å². The maximum absolute atomic E-state index is 13.1. The third kappa shape index (κ3) is 3.58. The molecule has 4 heteroatoms. The number of nitrogens with zero attached hydrogens (tertiary/aromatic N) is 1. The van der Waals surface area contributed by atoms with Gasteiger partial charge in [-0.3, -0.25) is 9.59 Å². The van der Waals surface area contributed by atoms with Crippen molar-refractivity contribution < 1.29 is 14.3 Å². The van der Waals surface area contributed by atoms with Crippen LogP contribution < -0.4 is 4.74 Å². The summed E-state index contributed by atoms with van der Waals surface area (Å²) in [5, 5.41) is 1.58. The van der Waals surface area contributed by atoms with Crippen LogP contribution in [0.1, 0.15) is 51.4 Å². The van der Waals surface area contributed by atoms with Crippen LogP contribution in [0.25, 0.3) is 10.8 Å². The van der Waals surface area contributed by atoms with Crippen molar-refractivity contribution in [3.63, 3.8) is 0 Å². The van der Waals surface area contributed by atoms with E-state index in [2.05, 4.69) is 0 Å². The van der Waals surface area contributed by atoms with E-state index >= 15 is 0 Å². The van der Waals surface area contributed by atoms with Crippen LogP contribution >= 0.6 is 0 Å². The summed E-state index contributed by atoms with van der Waals surface area (Å²) < 4.78 is 5.46. The van der Waals surface area contributed by atoms with Crippen molar-refractivity contribution in [1.82, 2.24) is 4.90 Å². The van der Waals surface area contributed by atoms with Crippen LogP contribution in [0.2, 0.25) is 0 Å². The summed E-state index contributed by atoms with van der Waals surface area (Å²) in [5.41, 5.74) is 0.564. The van der Waals surface area contributed by atoms with Crippen LogP contribution in [0, 0.1) is 0 Å². The van der Waals surface area contributed by atoms with E-state index in [-0.39, 0.29) is 30.4 Å². The fourth-order valence-electron chi connectivity index (χ4n) is 2.97. The Bertz CT molecular complexity index is 736. The summed E-state index contributed by atoms with van der Waals surface area (Å²) in [5.74, 6) is 0.0793. The lowest BCUT2D eigenvalue weighted by Gasteiger charge is -2.31. The second-order valence-corrected chi connectivity index (χ2v) is 6.39. The number of fused-ring (bicyclic) bond motifs is 1. The quantitative estimate of drug-likeness (QED) is 0.603. The predicted molar refractivity (Wildman–Crippen MR) is 96.3 cm³/mol. The average Bonchev–Trinajstić information content (AvgIpc) is 2.53. The smallest absolute Gasteiger partial charge is 0.310 e. The van der Waals surface area contributed by atoms with Gasteiger partial charge >= 0.3 is 5.97 Å². The predicted octanol–water partition coefficient (Wildman–Crippen LogP) is 4.41. The Morgan fingerprint density at radius 3 is 2.12 bits per heavy atom. The standard InChI is InChI=1S/C20H25NO3/c1-6-18(22)24-17-12-8-10-15-9-7-11-16(19(15)17)20(23)21(13(2)3)14(4)5/h7-14H,6H2,1-5H3. The van der Waals surface area contributed by atoms with E-state index < -0.39 is 0 Å². The summed E-state index contributed by atoms with van der Waals surface area (Å²) in [4.78, 5) is 26.7. The van der Waals surface area contributed by atoms with Crippen molar-refractivity contribution in [3.05, 3.63) is 42.0 Å². The molecule has 4 nitrogen and oxygen atoms in total. The minimum atomic E-state index is -0.311. The summed E-state index contributed by atoms with van der Waals surface area (Å²) in [6.45, 7) is 9.75. The molecular weight excluding hydrogens is 302 g/mol. The minimum Gasteiger partial charge on any atom is -0.426 e. The number of amides is 1. The van der Waals surface area contributed by atoms with Crippen molar-refractivity contribution in [1.29, 1.82) is 0 Å². The first kappa shape index (κ1) is 18.0. The molecule has 0 atom stereocenters. The molecule has 0 N–H and O–H groups in total. The van der Waals surface area contributed by atoms with Crippen LogP contribution in [0.4, 0.5) is 0 Å². The van der Waals surface area contributed by atoms with Gasteiger partial charge in [0.25, 0.3) is 5.91 Å². The number of hydrogen-bond acceptors (Lipinski definition) is 3. The van der Waals surface area contributed by atoms with Gasteiger partial charge in [0.05, 0.1) is 5.56 Å². The summed E-state index contributed by atoms with van der Waals surface area (Å²) in [6.07, 6.45) is 0.288. The van der Waals surface area contributed by atoms with Gasteiger partial charge in [0, 0.05) is 23.9 Å². The highest BCUT2D eigenvalue weighted by Crippen LogP contribution is 2.31. The first-order chi connectivity index (χ1) is 11.4. The van der Waals surface area contributed by atoms with E-state index in [1.165, 1.54) is 0 Å². The number of carbonyl (C=O) groups excluding carboxylic acids is 2. The molecule has 24 heavy (non-hydrogen) atoms. The van der Waals surface area contributed by atoms with Gasteiger partial charge in [-0.25, -0.2) is 0 Å². The highest BCUT2D eigenvalue weighted by Gasteiger charge is 2.24. The van der Waals surface area contributed by atoms with E-state index in [1.807, 2.05) is 56.9 Å². The van der Waals surface area contributed by atoms with Crippen molar-refractivity contribution >= 4 is 22.6 Å². The first-order valence-electron chi connectivity index (χ1n) is 8.41. The zero-order valence-electron chi connectivity index (χ0n) is 15.0. The molecule has 0 aliphatic rings. The van der Waals surface area contributed by atoms with Crippen molar-refractivity contribution in [2.75, 3.05) is 0 Å². The van der Waals surface area contributed by atoms with E-state index in [0.717, 1.165) is 5.39 Å². The molecule has 1 amide bonds. The van der Waals surface area contributed by atoms with Crippen molar-refractivity contribution in [2.45, 2.75) is 53.1 Å². The fraction of sp³-hybridized carbons (Fsp3) is 0.400. The molecule has 0 spiro atoms. The molecular formula is C20H25NO3. The lowest BCUT2D eigenvalue weighted by Crippen LogP contribution is -2.42. The molecule has 0 fully saturated rings. The molecule has 0 bridgehead atoms. The van der Waals surface area contributed by atoms with Crippen LogP contribution in [0.15, 0.2) is 36.4 Å². The molecule has 0 saturated carbocycles. The molecule has 2 aromatic carbocycles. The van der Waals surface area contributed by atoms with E-state index in [4.69, 9.17) is 4.74 Å². The second-order valence-electron chi connectivity index (χ2n) is 6.39. The number of rotatable bonds is 5. The summed E-state index contributed by atoms with van der Waals surface area (Å²) >= 11 is 0. The minimum absolute atomic E-state index is 0.0504. The number of carbonyl (C=O) groups is 2. The molecule has 2 aromatic rings. The Morgan fingerprint density at radius 2 is 1.58 bits per heavy atom. The Kier molecular flexibility index (Phi) is 5.60. The molecule has 0 heterocycles. The van der Waals surface area contributed by atoms with Crippen LogP contribution in [0.3, 0.4) is 0 Å². The number of ether oxygens (including phenoxy) is 1. The fourth-order valence-corrected chi connectivity index (χ4v) is 2.97. The summed E-state index contributed by atoms with van der Waals surface area (Å²) in [7, 11) is 0. The lowest BCUT2D eigenvalue weighted by molar-refractivity contribution is -0.133. The summed E-state index contributed by atoms with van der Waals surface area (Å²) in [6, 6.07) is 11.2. The van der Waals surface area contributed by atoms with Gasteiger partial charge in [-0.15, -0.1) is 0 Å². The molecule has 0 saturated heterocycles. The monoisotopic (exact) mass is 327 g/mol. The van der Waals surface area contributed by atoms with Gasteiger partial charge in [0.15, 0.2) is 0 Å². The molecule has 2 rings (SSSR count). The normalized spacial score (nSPS) is 11.1. The van der Waals surface area contributed by atoms with Gasteiger partial charge in [-0.05, 0) is 45.2 Å². The van der Waals surface area contributed by atoms with Gasteiger partial charge in [-0.2, -0.15) is 0 Å². The maximum atomic E-state index is 13.1. The Labute approximate surface area is 143 Å². The zero-order chi connectivity index (χ0) is 17.9. The third-order valence-electron chi connectivity index (χ3n) is 3.96. The molecule has 0 aliphatic heterocycles. The lowest BCUT2D eigenvalue weighted by atomic mass is 10.0. The van der Waals surface area contributed by atoms with Crippen LogP contribution in [0.5, 0.6) is 5.75 Å². The van der Waals surface area contributed by atoms with Gasteiger partial charge < -0.3 is 9.64 Å². The third-order valence-corrected chi connectivity index (χ3v) is 3.96. The molecule has 0 aliphatic carbocycles. The van der Waals surface area contributed by atoms with E-state index in [1.54, 1.807) is 19.1 Å². The van der Waals surface area contributed by atoms with Gasteiger partial charge in [0.2, 0.25) is 0 Å². The number of esters is 1. The highest BCUT2D eigenvalue weighted by molar-refractivity contribution is 6.09. The molecule has 128 valence electrons. The van der Waals surface area contributed by atoms with Crippen molar-refractivity contribution in [2.24, 2.45) is 0 Å². The Balaban J connectivity index is 2.61. The van der Waals surface area contributed by atoms with Crippen LogP contribution in [-0.4, -0.2) is 28.9 Å². The highest BCUT2D eigenvalue weighted by atomic mass is 16.5. The number of benzene rings is 2. The molecule has 0 aromatic heterocycles. The average molecular weight is 327 g/mol. The Morgan fingerprint density at radius 1 is 1.00 bits per heavy atom. The molecule has 0 radical (unpaired) electrons. The maximum Gasteiger partial charge on any atom is 0.310 e. The second kappa shape index (κ2) is 7.47. The first-order valence-corrected chi connectivity index (χ1v) is 8.41. The van der Waals surface area contributed by atoms with Crippen LogP contribution in [-0.2, 0) is 4.79 Å². The van der Waals surface area contributed by atoms with E-state index in [0.29, 0.717) is 16.7 Å².